The van der Waals surface area contributed by atoms with Crippen molar-refractivity contribution < 1.29 is 19.1 Å². The third kappa shape index (κ3) is 6.63. The molecule has 3 N–H and O–H groups in total. The van der Waals surface area contributed by atoms with Gasteiger partial charge < -0.3 is 25.4 Å². The van der Waals surface area contributed by atoms with Crippen molar-refractivity contribution in [3.05, 3.63) is 84.4 Å². The third-order valence-corrected chi connectivity index (χ3v) is 4.34. The number of hydrogen-bond donors (Lipinski definition) is 3. The number of hydrogen-bond acceptors (Lipinski definition) is 4. The average molecular weight is 431 g/mol. The van der Waals surface area contributed by atoms with Crippen LogP contribution in [0.3, 0.4) is 0 Å². The van der Waals surface area contributed by atoms with Crippen molar-refractivity contribution in [3.8, 4) is 11.5 Å². The molecule has 0 aliphatic carbocycles. The van der Waals surface area contributed by atoms with Gasteiger partial charge >= 0.3 is 6.03 Å². The van der Waals surface area contributed by atoms with Gasteiger partial charge in [-0.1, -0.05) is 42.5 Å². The molecule has 0 unspecified atom stereocenters. The Morgan fingerprint density at radius 1 is 0.812 bits per heavy atom. The van der Waals surface area contributed by atoms with E-state index in [-0.39, 0.29) is 18.5 Å². The molecule has 0 radical (unpaired) electrons. The Morgan fingerprint density at radius 3 is 2.22 bits per heavy atom. The van der Waals surface area contributed by atoms with Crippen LogP contribution in [0, 0.1) is 0 Å². The third-order valence-electron chi connectivity index (χ3n) is 4.34. The second kappa shape index (κ2) is 11.2. The number of urea groups is 1. The fraction of sp³-hybridized carbons (Fsp3) is 0.120. The summed E-state index contributed by atoms with van der Waals surface area (Å²) in [6.07, 6.45) is 3.87. The van der Waals surface area contributed by atoms with Gasteiger partial charge in [0, 0.05) is 17.1 Å². The van der Waals surface area contributed by atoms with Crippen LogP contribution in [-0.2, 0) is 4.79 Å². The number of allylic oxidation sites excluding steroid dienone is 1. The van der Waals surface area contributed by atoms with Crippen LogP contribution in [0.25, 0.3) is 6.08 Å². The molecular weight excluding hydrogens is 406 g/mol. The smallest absolute Gasteiger partial charge is 0.323 e. The first-order chi connectivity index (χ1) is 15.6. The number of ether oxygens (including phenoxy) is 2. The minimum absolute atomic E-state index is 0.189. The highest BCUT2D eigenvalue weighted by Crippen LogP contribution is 2.28. The number of nitrogens with one attached hydrogen (secondary N) is 3. The molecule has 3 rings (SSSR count). The van der Waals surface area contributed by atoms with Gasteiger partial charge in [0.15, 0.2) is 18.1 Å². The number of anilines is 3. The zero-order valence-electron chi connectivity index (χ0n) is 17.9. The molecule has 3 aromatic rings. The molecule has 3 amide bonds. The summed E-state index contributed by atoms with van der Waals surface area (Å²) in [5, 5.41) is 8.23. The van der Waals surface area contributed by atoms with Crippen molar-refractivity contribution in [3.63, 3.8) is 0 Å². The monoisotopic (exact) mass is 431 g/mol. The number of carbonyl (C=O) groups is 2. The molecule has 0 saturated carbocycles. The summed E-state index contributed by atoms with van der Waals surface area (Å²) >= 11 is 0. The second-order valence-electron chi connectivity index (χ2n) is 6.77. The van der Waals surface area contributed by atoms with Crippen LogP contribution < -0.4 is 25.4 Å². The Bertz CT molecular complexity index is 1100. The molecular formula is C25H25N3O4. The van der Waals surface area contributed by atoms with Crippen molar-refractivity contribution in [1.29, 1.82) is 0 Å². The summed E-state index contributed by atoms with van der Waals surface area (Å²) in [5.74, 6) is 0.684. The minimum atomic E-state index is -0.378. The average Bonchev–Trinajstić information content (AvgIpc) is 2.79. The molecule has 0 aromatic heterocycles. The number of rotatable bonds is 8. The Morgan fingerprint density at radius 2 is 1.50 bits per heavy atom. The molecule has 0 bridgehead atoms. The fourth-order valence-corrected chi connectivity index (χ4v) is 2.93. The minimum Gasteiger partial charge on any atom is -0.493 e. The molecule has 0 saturated heterocycles. The van der Waals surface area contributed by atoms with E-state index in [4.69, 9.17) is 9.47 Å². The van der Waals surface area contributed by atoms with Gasteiger partial charge in [-0.25, -0.2) is 4.79 Å². The van der Waals surface area contributed by atoms with Gasteiger partial charge in [-0.15, -0.1) is 0 Å². The molecule has 7 heteroatoms. The van der Waals surface area contributed by atoms with Crippen LogP contribution in [0.1, 0.15) is 12.5 Å². The van der Waals surface area contributed by atoms with Gasteiger partial charge in [-0.2, -0.15) is 0 Å². The SMILES string of the molecule is CC=Cc1ccc(OCC(=O)Nc2cccc(NC(=O)Nc3ccccc3)c2)c(OC)c1. The van der Waals surface area contributed by atoms with Crippen LogP contribution in [-0.4, -0.2) is 25.7 Å². The fourth-order valence-electron chi connectivity index (χ4n) is 2.93. The predicted octanol–water partition coefficient (Wildman–Crippen LogP) is 5.39. The summed E-state index contributed by atoms with van der Waals surface area (Å²) in [6.45, 7) is 1.74. The molecule has 0 fully saturated rings. The Labute approximate surface area is 187 Å². The van der Waals surface area contributed by atoms with Crippen molar-refractivity contribution in [1.82, 2.24) is 0 Å². The van der Waals surface area contributed by atoms with E-state index in [9.17, 15) is 9.59 Å². The summed E-state index contributed by atoms with van der Waals surface area (Å²) in [4.78, 5) is 24.5. The van der Waals surface area contributed by atoms with Gasteiger partial charge in [-0.3, -0.25) is 4.79 Å². The number of amides is 3. The van der Waals surface area contributed by atoms with E-state index < -0.39 is 0 Å². The number of benzene rings is 3. The molecule has 3 aromatic carbocycles. The van der Waals surface area contributed by atoms with Crippen molar-refractivity contribution >= 4 is 35.1 Å². The first-order valence-electron chi connectivity index (χ1n) is 10.0. The first-order valence-corrected chi connectivity index (χ1v) is 10.0. The van der Waals surface area contributed by atoms with Crippen LogP contribution >= 0.6 is 0 Å². The van der Waals surface area contributed by atoms with E-state index in [0.717, 1.165) is 5.56 Å². The van der Waals surface area contributed by atoms with Crippen molar-refractivity contribution in [2.45, 2.75) is 6.92 Å². The molecule has 164 valence electrons. The van der Waals surface area contributed by atoms with E-state index in [2.05, 4.69) is 16.0 Å². The van der Waals surface area contributed by atoms with Crippen LogP contribution in [0.4, 0.5) is 21.9 Å². The van der Waals surface area contributed by atoms with Crippen molar-refractivity contribution in [2.24, 2.45) is 0 Å². The van der Waals surface area contributed by atoms with Gasteiger partial charge in [-0.05, 0) is 55.0 Å². The van der Waals surface area contributed by atoms with Crippen molar-refractivity contribution in [2.75, 3.05) is 29.7 Å². The zero-order chi connectivity index (χ0) is 22.8. The van der Waals surface area contributed by atoms with E-state index in [1.165, 1.54) is 0 Å². The highest BCUT2D eigenvalue weighted by atomic mass is 16.5. The van der Waals surface area contributed by atoms with Gasteiger partial charge in [0.1, 0.15) is 0 Å². The highest BCUT2D eigenvalue weighted by molar-refractivity contribution is 6.00. The summed E-state index contributed by atoms with van der Waals surface area (Å²) in [7, 11) is 1.55. The van der Waals surface area contributed by atoms with Crippen LogP contribution in [0.5, 0.6) is 11.5 Å². The number of para-hydroxylation sites is 1. The maximum Gasteiger partial charge on any atom is 0.323 e. The van der Waals surface area contributed by atoms with Crippen LogP contribution in [0.15, 0.2) is 78.9 Å². The lowest BCUT2D eigenvalue weighted by molar-refractivity contribution is -0.118. The quantitative estimate of drug-likeness (QED) is 0.446. The van der Waals surface area contributed by atoms with Gasteiger partial charge in [0.25, 0.3) is 5.91 Å². The summed E-state index contributed by atoms with van der Waals surface area (Å²) in [5.41, 5.74) is 2.73. The normalized spacial score (nSPS) is 10.4. The Kier molecular flexibility index (Phi) is 7.86. The predicted molar refractivity (Wildman–Crippen MR) is 127 cm³/mol. The lowest BCUT2D eigenvalue weighted by Crippen LogP contribution is -2.21. The number of carbonyl (C=O) groups excluding carboxylic acids is 2. The lowest BCUT2D eigenvalue weighted by Gasteiger charge is -2.12. The molecule has 0 aliphatic heterocycles. The number of methoxy groups -OCH3 is 1. The Balaban J connectivity index is 1.55. The summed E-state index contributed by atoms with van der Waals surface area (Å²) in [6, 6.07) is 21.1. The maximum atomic E-state index is 12.3. The largest absolute Gasteiger partial charge is 0.493 e. The maximum absolute atomic E-state index is 12.3. The standard InChI is InChI=1S/C25H25N3O4/c1-3-8-18-13-14-22(23(15-18)31-2)32-17-24(29)26-20-11-7-12-21(16-20)28-25(30)27-19-9-5-4-6-10-19/h3-16H,17H2,1-2H3,(H,26,29)(H2,27,28,30). The topological polar surface area (TPSA) is 88.7 Å². The summed E-state index contributed by atoms with van der Waals surface area (Å²) < 4.78 is 11.0. The molecule has 0 atom stereocenters. The zero-order valence-corrected chi connectivity index (χ0v) is 17.9. The second-order valence-corrected chi connectivity index (χ2v) is 6.77. The molecule has 0 spiro atoms. The van der Waals surface area contributed by atoms with Gasteiger partial charge in [0.2, 0.25) is 0 Å². The van der Waals surface area contributed by atoms with E-state index in [1.807, 2.05) is 49.4 Å². The van der Waals surface area contributed by atoms with E-state index in [1.54, 1.807) is 49.6 Å². The Hall–Kier alpha value is -4.26. The molecule has 0 aliphatic rings. The molecule has 32 heavy (non-hydrogen) atoms. The molecule has 7 nitrogen and oxygen atoms in total. The first kappa shape index (κ1) is 22.4. The van der Waals surface area contributed by atoms with Crippen LogP contribution in [0.2, 0.25) is 0 Å². The van der Waals surface area contributed by atoms with E-state index >= 15 is 0 Å². The highest BCUT2D eigenvalue weighted by Gasteiger charge is 2.09. The lowest BCUT2D eigenvalue weighted by atomic mass is 10.2. The molecule has 0 heterocycles. The van der Waals surface area contributed by atoms with E-state index in [0.29, 0.717) is 28.6 Å². The van der Waals surface area contributed by atoms with Gasteiger partial charge in [0.05, 0.1) is 7.11 Å².